The van der Waals surface area contributed by atoms with Crippen molar-refractivity contribution in [3.05, 3.63) is 59.7 Å². The number of ether oxygens (including phenoxy) is 1. The Morgan fingerprint density at radius 1 is 1.21 bits per heavy atom. The van der Waals surface area contributed by atoms with E-state index in [1.54, 1.807) is 18.1 Å². The highest BCUT2D eigenvalue weighted by molar-refractivity contribution is 5.99. The number of hydrogen-bond donors (Lipinski definition) is 1. The predicted octanol–water partition coefficient (Wildman–Crippen LogP) is 2.54. The molecule has 0 spiro atoms. The van der Waals surface area contributed by atoms with E-state index in [0.29, 0.717) is 24.3 Å². The van der Waals surface area contributed by atoms with Crippen LogP contribution in [0, 0.1) is 6.92 Å². The second-order valence-corrected chi connectivity index (χ2v) is 5.90. The van der Waals surface area contributed by atoms with Crippen LogP contribution in [0.15, 0.2) is 48.5 Å². The summed E-state index contributed by atoms with van der Waals surface area (Å²) in [5.74, 6) is 0.560. The Labute approximate surface area is 141 Å². The van der Waals surface area contributed by atoms with Crippen molar-refractivity contribution in [3.8, 4) is 5.75 Å². The number of carbonyl (C=O) groups excluding carboxylic acids is 2. The average Bonchev–Trinajstić information content (AvgIpc) is 2.95. The van der Waals surface area contributed by atoms with Crippen LogP contribution < -0.4 is 15.0 Å². The quantitative estimate of drug-likeness (QED) is 0.940. The summed E-state index contributed by atoms with van der Waals surface area (Å²) in [6.45, 7) is 2.36. The molecule has 2 aromatic carbocycles. The van der Waals surface area contributed by atoms with Crippen molar-refractivity contribution in [1.82, 2.24) is 5.32 Å². The van der Waals surface area contributed by atoms with Crippen LogP contribution in [-0.2, 0) is 4.79 Å². The van der Waals surface area contributed by atoms with Gasteiger partial charge >= 0.3 is 0 Å². The number of hydrogen-bond acceptors (Lipinski definition) is 3. The highest BCUT2D eigenvalue weighted by atomic mass is 16.5. The van der Waals surface area contributed by atoms with E-state index in [-0.39, 0.29) is 17.9 Å². The van der Waals surface area contributed by atoms with E-state index in [1.807, 2.05) is 49.4 Å². The Balaban J connectivity index is 1.71. The van der Waals surface area contributed by atoms with E-state index in [0.717, 1.165) is 11.3 Å². The fourth-order valence-corrected chi connectivity index (χ4v) is 2.92. The summed E-state index contributed by atoms with van der Waals surface area (Å²) >= 11 is 0. The first-order valence-electron chi connectivity index (χ1n) is 7.89. The first kappa shape index (κ1) is 16.1. The molecule has 2 amide bonds. The topological polar surface area (TPSA) is 58.6 Å². The fraction of sp³-hybridized carbons (Fsp3) is 0.263. The molecule has 0 saturated carbocycles. The van der Waals surface area contributed by atoms with Crippen LogP contribution in [0.25, 0.3) is 0 Å². The molecule has 1 saturated heterocycles. The molecule has 5 heteroatoms. The van der Waals surface area contributed by atoms with Gasteiger partial charge in [-0.05, 0) is 30.7 Å². The van der Waals surface area contributed by atoms with Gasteiger partial charge in [-0.3, -0.25) is 9.59 Å². The molecule has 1 aliphatic rings. The highest BCUT2D eigenvalue weighted by Crippen LogP contribution is 2.25. The van der Waals surface area contributed by atoms with Gasteiger partial charge in [-0.25, -0.2) is 0 Å². The Morgan fingerprint density at radius 2 is 2.00 bits per heavy atom. The largest absolute Gasteiger partial charge is 0.497 e. The lowest BCUT2D eigenvalue weighted by Crippen LogP contribution is -2.37. The predicted molar refractivity (Wildman–Crippen MR) is 92.4 cm³/mol. The van der Waals surface area contributed by atoms with Crippen molar-refractivity contribution in [2.24, 2.45) is 0 Å². The third-order valence-electron chi connectivity index (χ3n) is 4.21. The van der Waals surface area contributed by atoms with E-state index in [2.05, 4.69) is 5.32 Å². The number of anilines is 1. The minimum absolute atomic E-state index is 0.00154. The standard InChI is InChI=1S/C19H20N2O3/c1-13-6-3-4-9-17(13)19(23)20-14-10-18(22)21(12-14)15-7-5-8-16(11-15)24-2/h3-9,11,14H,10,12H2,1-2H3,(H,20,23)/t14-/m1/s1. The Kier molecular flexibility index (Phi) is 4.51. The van der Waals surface area contributed by atoms with Gasteiger partial charge < -0.3 is 15.0 Å². The van der Waals surface area contributed by atoms with E-state index < -0.39 is 0 Å². The SMILES string of the molecule is COc1cccc(N2C[C@H](NC(=O)c3ccccc3C)CC2=O)c1. The molecule has 3 rings (SSSR count). The summed E-state index contributed by atoms with van der Waals surface area (Å²) in [6.07, 6.45) is 0.300. The molecule has 1 N–H and O–H groups in total. The van der Waals surface area contributed by atoms with Crippen molar-refractivity contribution < 1.29 is 14.3 Å². The van der Waals surface area contributed by atoms with Gasteiger partial charge in [0.15, 0.2) is 0 Å². The van der Waals surface area contributed by atoms with Gasteiger partial charge in [0.2, 0.25) is 5.91 Å². The molecule has 1 fully saturated rings. The maximum absolute atomic E-state index is 12.4. The zero-order valence-corrected chi connectivity index (χ0v) is 13.8. The molecule has 1 atom stereocenters. The van der Waals surface area contributed by atoms with Gasteiger partial charge in [0.1, 0.15) is 5.75 Å². The summed E-state index contributed by atoms with van der Waals surface area (Å²) in [7, 11) is 1.59. The molecular weight excluding hydrogens is 304 g/mol. The molecule has 5 nitrogen and oxygen atoms in total. The number of carbonyl (C=O) groups is 2. The van der Waals surface area contributed by atoms with Crippen LogP contribution in [-0.4, -0.2) is 31.5 Å². The molecule has 2 aromatic rings. The van der Waals surface area contributed by atoms with Crippen LogP contribution in [0.3, 0.4) is 0 Å². The monoisotopic (exact) mass is 324 g/mol. The van der Waals surface area contributed by atoms with Crippen LogP contribution in [0.2, 0.25) is 0 Å². The molecule has 124 valence electrons. The van der Waals surface area contributed by atoms with Crippen LogP contribution in [0.1, 0.15) is 22.3 Å². The van der Waals surface area contributed by atoms with E-state index >= 15 is 0 Å². The summed E-state index contributed by atoms with van der Waals surface area (Å²) < 4.78 is 5.20. The highest BCUT2D eigenvalue weighted by Gasteiger charge is 2.32. The fourth-order valence-electron chi connectivity index (χ4n) is 2.92. The minimum Gasteiger partial charge on any atom is -0.497 e. The zero-order valence-electron chi connectivity index (χ0n) is 13.8. The van der Waals surface area contributed by atoms with E-state index in [9.17, 15) is 9.59 Å². The lowest BCUT2D eigenvalue weighted by atomic mass is 10.1. The Bertz CT molecular complexity index is 773. The normalized spacial score (nSPS) is 17.0. The summed E-state index contributed by atoms with van der Waals surface area (Å²) in [5, 5.41) is 2.96. The van der Waals surface area contributed by atoms with Crippen LogP contribution in [0.5, 0.6) is 5.75 Å². The summed E-state index contributed by atoms with van der Waals surface area (Å²) in [6, 6.07) is 14.6. The van der Waals surface area contributed by atoms with Gasteiger partial charge in [-0.2, -0.15) is 0 Å². The Hall–Kier alpha value is -2.82. The lowest BCUT2D eigenvalue weighted by molar-refractivity contribution is -0.117. The Morgan fingerprint density at radius 3 is 2.75 bits per heavy atom. The third kappa shape index (κ3) is 3.25. The number of aryl methyl sites for hydroxylation is 1. The summed E-state index contributed by atoms with van der Waals surface area (Å²) in [5.41, 5.74) is 2.35. The van der Waals surface area contributed by atoms with Gasteiger partial charge in [0.25, 0.3) is 5.91 Å². The second-order valence-electron chi connectivity index (χ2n) is 5.90. The first-order chi connectivity index (χ1) is 11.6. The number of nitrogens with one attached hydrogen (secondary N) is 1. The minimum atomic E-state index is -0.198. The van der Waals surface area contributed by atoms with Gasteiger partial charge in [0, 0.05) is 30.3 Å². The molecule has 0 unspecified atom stereocenters. The molecule has 0 bridgehead atoms. The third-order valence-corrected chi connectivity index (χ3v) is 4.21. The van der Waals surface area contributed by atoms with Crippen LogP contribution >= 0.6 is 0 Å². The molecule has 0 aromatic heterocycles. The molecular formula is C19H20N2O3. The number of rotatable bonds is 4. The van der Waals surface area contributed by atoms with Crippen molar-refractivity contribution in [2.75, 3.05) is 18.6 Å². The maximum atomic E-state index is 12.4. The smallest absolute Gasteiger partial charge is 0.251 e. The van der Waals surface area contributed by atoms with Crippen molar-refractivity contribution >= 4 is 17.5 Å². The lowest BCUT2D eigenvalue weighted by Gasteiger charge is -2.18. The second kappa shape index (κ2) is 6.74. The molecule has 0 aliphatic carbocycles. The van der Waals surface area contributed by atoms with Gasteiger partial charge in [0.05, 0.1) is 13.2 Å². The van der Waals surface area contributed by atoms with E-state index in [1.165, 1.54) is 0 Å². The number of nitrogens with zero attached hydrogens (tertiary/aromatic N) is 1. The molecule has 0 radical (unpaired) electrons. The number of benzene rings is 2. The van der Waals surface area contributed by atoms with Crippen molar-refractivity contribution in [1.29, 1.82) is 0 Å². The maximum Gasteiger partial charge on any atom is 0.251 e. The van der Waals surface area contributed by atoms with Crippen molar-refractivity contribution in [2.45, 2.75) is 19.4 Å². The molecule has 1 aliphatic heterocycles. The molecule has 1 heterocycles. The van der Waals surface area contributed by atoms with Crippen LogP contribution in [0.4, 0.5) is 5.69 Å². The number of methoxy groups -OCH3 is 1. The van der Waals surface area contributed by atoms with Gasteiger partial charge in [-0.1, -0.05) is 24.3 Å². The van der Waals surface area contributed by atoms with Crippen molar-refractivity contribution in [3.63, 3.8) is 0 Å². The number of amides is 2. The molecule has 24 heavy (non-hydrogen) atoms. The first-order valence-corrected chi connectivity index (χ1v) is 7.89. The average molecular weight is 324 g/mol. The summed E-state index contributed by atoms with van der Waals surface area (Å²) in [4.78, 5) is 26.4. The zero-order chi connectivity index (χ0) is 17.1. The van der Waals surface area contributed by atoms with Gasteiger partial charge in [-0.15, -0.1) is 0 Å². The van der Waals surface area contributed by atoms with E-state index in [4.69, 9.17) is 4.74 Å².